The summed E-state index contributed by atoms with van der Waals surface area (Å²) in [6.45, 7) is 0. The standard InChI is InChI=1S/C16H9ClFN3.C9H5ClFIN2.C7H5N/c17-16-12(4-7-14-3-1-2-10-19-14)11-21(20-16)15-8-5-13(18)6-9-15;10-9-8(12)5-14(13-9)7-3-1-6(11)2-4-7;1-2-7-5-3-4-6-8-7/h1-3,5-6,8-11H;1-5H;1,3-6H. The first-order valence-corrected chi connectivity index (χ1v) is 14.1. The SMILES string of the molecule is C#Cc1ccccn1.Fc1ccc(-n2cc(C#Cc3ccccn3)c(Cl)n2)cc1.Fc1ccc(-n2cc(I)c(Cl)n2)cc1. The molecule has 212 valence electrons. The lowest BCUT2D eigenvalue weighted by Gasteiger charge is -1.99. The zero-order chi connectivity index (χ0) is 30.6. The molecule has 0 aliphatic carbocycles. The largest absolute Gasteiger partial charge is 0.248 e. The van der Waals surface area contributed by atoms with E-state index in [0.29, 0.717) is 32.9 Å². The van der Waals surface area contributed by atoms with Gasteiger partial charge in [0.15, 0.2) is 10.3 Å². The van der Waals surface area contributed by atoms with Crippen LogP contribution < -0.4 is 0 Å². The number of terminal acetylenes is 1. The number of benzene rings is 2. The van der Waals surface area contributed by atoms with E-state index in [9.17, 15) is 8.78 Å². The number of halogens is 5. The molecule has 43 heavy (non-hydrogen) atoms. The highest BCUT2D eigenvalue weighted by atomic mass is 127. The molecule has 4 heterocycles. The highest BCUT2D eigenvalue weighted by Gasteiger charge is 2.06. The van der Waals surface area contributed by atoms with Gasteiger partial charge in [-0.25, -0.2) is 28.1 Å². The minimum atomic E-state index is -0.299. The zero-order valence-electron chi connectivity index (χ0n) is 22.0. The Morgan fingerprint density at radius 1 is 0.651 bits per heavy atom. The molecule has 2 aromatic carbocycles. The summed E-state index contributed by atoms with van der Waals surface area (Å²) in [5.41, 5.74) is 3.43. The number of hydrogen-bond donors (Lipinski definition) is 0. The minimum absolute atomic E-state index is 0.262. The van der Waals surface area contributed by atoms with Crippen LogP contribution in [0.2, 0.25) is 10.3 Å². The van der Waals surface area contributed by atoms with Gasteiger partial charge in [0.2, 0.25) is 0 Å². The Labute approximate surface area is 270 Å². The maximum atomic E-state index is 12.9. The van der Waals surface area contributed by atoms with E-state index in [-0.39, 0.29) is 11.6 Å². The maximum Gasteiger partial charge on any atom is 0.167 e. The van der Waals surface area contributed by atoms with Gasteiger partial charge < -0.3 is 0 Å². The molecular formula is C32H19Cl2F2IN6. The van der Waals surface area contributed by atoms with Crippen LogP contribution >= 0.6 is 45.8 Å². The molecular weight excluding hydrogens is 704 g/mol. The van der Waals surface area contributed by atoms with Crippen molar-refractivity contribution in [2.75, 3.05) is 0 Å². The normalized spacial score (nSPS) is 9.77. The predicted molar refractivity (Wildman–Crippen MR) is 172 cm³/mol. The summed E-state index contributed by atoms with van der Waals surface area (Å²) in [7, 11) is 0. The molecule has 4 aromatic heterocycles. The Morgan fingerprint density at radius 2 is 1.16 bits per heavy atom. The van der Waals surface area contributed by atoms with Gasteiger partial charge in [-0.2, -0.15) is 10.2 Å². The molecule has 0 amide bonds. The van der Waals surface area contributed by atoms with Gasteiger partial charge in [-0.15, -0.1) is 6.42 Å². The van der Waals surface area contributed by atoms with Gasteiger partial charge in [0.05, 0.1) is 20.5 Å². The van der Waals surface area contributed by atoms with Gasteiger partial charge in [-0.1, -0.05) is 47.2 Å². The van der Waals surface area contributed by atoms with E-state index >= 15 is 0 Å². The van der Waals surface area contributed by atoms with Crippen molar-refractivity contribution in [1.82, 2.24) is 29.5 Å². The Morgan fingerprint density at radius 3 is 1.60 bits per heavy atom. The van der Waals surface area contributed by atoms with Gasteiger partial charge in [0.1, 0.15) is 23.0 Å². The molecule has 0 saturated carbocycles. The highest BCUT2D eigenvalue weighted by molar-refractivity contribution is 14.1. The monoisotopic (exact) mass is 722 g/mol. The summed E-state index contributed by atoms with van der Waals surface area (Å²) in [5, 5.41) is 8.97. The van der Waals surface area contributed by atoms with Gasteiger partial charge in [0.25, 0.3) is 0 Å². The topological polar surface area (TPSA) is 61.4 Å². The fourth-order valence-electron chi connectivity index (χ4n) is 3.24. The summed E-state index contributed by atoms with van der Waals surface area (Å²) in [6, 6.07) is 23.0. The predicted octanol–water partition coefficient (Wildman–Crippen LogP) is 7.79. The smallest absolute Gasteiger partial charge is 0.167 e. The van der Waals surface area contributed by atoms with Crippen molar-refractivity contribution in [3.63, 3.8) is 0 Å². The summed E-state index contributed by atoms with van der Waals surface area (Å²) >= 11 is 13.9. The van der Waals surface area contributed by atoms with E-state index in [1.54, 1.807) is 64.5 Å². The van der Waals surface area contributed by atoms with Crippen LogP contribution in [-0.2, 0) is 0 Å². The first-order chi connectivity index (χ1) is 20.8. The van der Waals surface area contributed by atoms with Crippen molar-refractivity contribution in [2.45, 2.75) is 0 Å². The number of hydrogen-bond acceptors (Lipinski definition) is 4. The molecule has 0 aliphatic rings. The van der Waals surface area contributed by atoms with Crippen molar-refractivity contribution < 1.29 is 8.78 Å². The summed E-state index contributed by atoms with van der Waals surface area (Å²) in [4.78, 5) is 7.97. The fraction of sp³-hybridized carbons (Fsp3) is 0. The quantitative estimate of drug-likeness (QED) is 0.135. The van der Waals surface area contributed by atoms with Crippen LogP contribution in [0.3, 0.4) is 0 Å². The Balaban J connectivity index is 0.000000165. The third-order valence-corrected chi connectivity index (χ3v) is 6.95. The molecule has 0 saturated heterocycles. The molecule has 0 fully saturated rings. The van der Waals surface area contributed by atoms with Gasteiger partial charge >= 0.3 is 0 Å². The Bertz CT molecular complexity index is 1860. The van der Waals surface area contributed by atoms with E-state index in [0.717, 1.165) is 9.26 Å². The molecule has 0 bridgehead atoms. The van der Waals surface area contributed by atoms with Crippen molar-refractivity contribution in [3.05, 3.63) is 152 Å². The van der Waals surface area contributed by atoms with Crippen LogP contribution in [0.1, 0.15) is 17.0 Å². The highest BCUT2D eigenvalue weighted by Crippen LogP contribution is 2.19. The minimum Gasteiger partial charge on any atom is -0.248 e. The molecule has 0 unspecified atom stereocenters. The molecule has 0 radical (unpaired) electrons. The van der Waals surface area contributed by atoms with Gasteiger partial charge in [0, 0.05) is 24.8 Å². The van der Waals surface area contributed by atoms with Crippen molar-refractivity contribution >= 4 is 45.8 Å². The van der Waals surface area contributed by atoms with Crippen LogP contribution in [0.15, 0.2) is 110 Å². The molecule has 11 heteroatoms. The molecule has 0 N–H and O–H groups in total. The number of aromatic nitrogens is 6. The lowest BCUT2D eigenvalue weighted by molar-refractivity contribution is 0.626. The molecule has 0 atom stereocenters. The lowest BCUT2D eigenvalue weighted by Crippen LogP contribution is -1.93. The summed E-state index contributed by atoms with van der Waals surface area (Å²) in [5.74, 6) is 7.70. The van der Waals surface area contributed by atoms with E-state index in [1.807, 2.05) is 30.3 Å². The number of rotatable bonds is 2. The third kappa shape index (κ3) is 9.48. The van der Waals surface area contributed by atoms with Crippen LogP contribution in [0, 0.1) is 39.4 Å². The first-order valence-electron chi connectivity index (χ1n) is 12.3. The second-order valence-electron chi connectivity index (χ2n) is 8.27. The van der Waals surface area contributed by atoms with E-state index in [2.05, 4.69) is 60.5 Å². The van der Waals surface area contributed by atoms with E-state index in [1.165, 1.54) is 24.3 Å². The summed E-state index contributed by atoms with van der Waals surface area (Å²) < 4.78 is 29.6. The Kier molecular flexibility index (Phi) is 11.4. The average Bonchev–Trinajstić information content (AvgIpc) is 3.58. The van der Waals surface area contributed by atoms with Crippen molar-refractivity contribution in [2.24, 2.45) is 0 Å². The molecule has 6 aromatic rings. The van der Waals surface area contributed by atoms with Gasteiger partial charge in [-0.05, 0) is 101 Å². The van der Waals surface area contributed by atoms with E-state index in [4.69, 9.17) is 29.6 Å². The van der Waals surface area contributed by atoms with Gasteiger partial charge in [-0.3, -0.25) is 0 Å². The van der Waals surface area contributed by atoms with E-state index < -0.39 is 0 Å². The number of nitrogens with zero attached hydrogens (tertiary/aromatic N) is 6. The second kappa shape index (κ2) is 15.6. The molecule has 0 aliphatic heterocycles. The molecule has 0 spiro atoms. The van der Waals surface area contributed by atoms with Crippen LogP contribution in [0.4, 0.5) is 8.78 Å². The fourth-order valence-corrected chi connectivity index (χ4v) is 3.92. The zero-order valence-corrected chi connectivity index (χ0v) is 25.7. The summed E-state index contributed by atoms with van der Waals surface area (Å²) in [6.07, 6.45) is 11.9. The maximum absolute atomic E-state index is 12.9. The molecule has 6 nitrogen and oxygen atoms in total. The average molecular weight is 723 g/mol. The lowest BCUT2D eigenvalue weighted by atomic mass is 10.3. The van der Waals surface area contributed by atoms with Crippen LogP contribution in [0.5, 0.6) is 0 Å². The van der Waals surface area contributed by atoms with Crippen molar-refractivity contribution in [1.29, 1.82) is 0 Å². The first kappa shape index (κ1) is 31.4. The van der Waals surface area contributed by atoms with Crippen LogP contribution in [-0.4, -0.2) is 29.5 Å². The molecule has 6 rings (SSSR count). The van der Waals surface area contributed by atoms with Crippen molar-refractivity contribution in [3.8, 4) is 35.6 Å². The van der Waals surface area contributed by atoms with Crippen LogP contribution in [0.25, 0.3) is 11.4 Å². The Hall–Kier alpha value is -4.55. The second-order valence-corrected chi connectivity index (χ2v) is 10.1. The number of pyridine rings is 2. The third-order valence-electron chi connectivity index (χ3n) is 5.28.